The molecule has 0 bridgehead atoms. The Bertz CT molecular complexity index is 392. The van der Waals surface area contributed by atoms with Crippen molar-refractivity contribution >= 4 is 5.97 Å². The van der Waals surface area contributed by atoms with Crippen LogP contribution in [0.4, 0.5) is 0 Å². The molecule has 3 rings (SSSR count). The molecule has 1 saturated carbocycles. The average molecular weight is 193 g/mol. The lowest BCUT2D eigenvalue weighted by Crippen LogP contribution is -2.07. The number of aryl methyl sites for hydroxylation is 1. The van der Waals surface area contributed by atoms with Crippen LogP contribution in [0.1, 0.15) is 48.4 Å². The van der Waals surface area contributed by atoms with E-state index in [1.54, 1.807) is 0 Å². The second kappa shape index (κ2) is 2.59. The van der Waals surface area contributed by atoms with E-state index in [0.29, 0.717) is 18.1 Å². The maximum atomic E-state index is 10.9. The number of carboxylic acids is 1. The zero-order valence-electron chi connectivity index (χ0n) is 7.69. The fraction of sp³-hybridized carbons (Fsp3) is 0.600. The number of carboxylic acid groups (broad SMARTS) is 1. The first-order chi connectivity index (χ1) is 6.75. The van der Waals surface area contributed by atoms with Crippen molar-refractivity contribution in [3.8, 4) is 0 Å². The maximum absolute atomic E-state index is 10.9. The standard InChI is InChI=1S/C10H11NO3/c12-10(13)6-3-4-7-8(6)14-9(11-7)5-1-2-5/h5-6H,1-4H2,(H,12,13). The minimum atomic E-state index is -0.790. The van der Waals surface area contributed by atoms with E-state index in [-0.39, 0.29) is 0 Å². The first-order valence-electron chi connectivity index (χ1n) is 4.98. The van der Waals surface area contributed by atoms with E-state index in [2.05, 4.69) is 4.98 Å². The summed E-state index contributed by atoms with van der Waals surface area (Å²) in [4.78, 5) is 15.2. The number of nitrogens with zero attached hydrogens (tertiary/aromatic N) is 1. The van der Waals surface area contributed by atoms with E-state index in [9.17, 15) is 4.79 Å². The van der Waals surface area contributed by atoms with E-state index in [4.69, 9.17) is 9.52 Å². The Morgan fingerprint density at radius 2 is 2.21 bits per heavy atom. The molecule has 1 aromatic heterocycles. The average Bonchev–Trinajstić information content (AvgIpc) is 2.76. The molecular weight excluding hydrogens is 182 g/mol. The third-order valence-electron chi connectivity index (χ3n) is 2.96. The summed E-state index contributed by atoms with van der Waals surface area (Å²) in [5.74, 6) is 0.600. The Kier molecular flexibility index (Phi) is 1.48. The van der Waals surface area contributed by atoms with Gasteiger partial charge in [0.2, 0.25) is 0 Å². The molecular formula is C10H11NO3. The van der Waals surface area contributed by atoms with Crippen LogP contribution in [0.25, 0.3) is 0 Å². The van der Waals surface area contributed by atoms with Crippen LogP contribution >= 0.6 is 0 Å². The first-order valence-corrected chi connectivity index (χ1v) is 4.98. The summed E-state index contributed by atoms with van der Waals surface area (Å²) < 4.78 is 5.53. The maximum Gasteiger partial charge on any atom is 0.314 e. The van der Waals surface area contributed by atoms with Crippen LogP contribution in [-0.2, 0) is 11.2 Å². The van der Waals surface area contributed by atoms with Crippen molar-refractivity contribution in [2.75, 3.05) is 0 Å². The van der Waals surface area contributed by atoms with E-state index in [0.717, 1.165) is 30.8 Å². The van der Waals surface area contributed by atoms with Gasteiger partial charge < -0.3 is 9.52 Å². The molecule has 0 aromatic carbocycles. The number of carbonyl (C=O) groups is 1. The molecule has 2 aliphatic rings. The van der Waals surface area contributed by atoms with Gasteiger partial charge in [-0.25, -0.2) is 4.98 Å². The molecule has 2 aliphatic carbocycles. The third kappa shape index (κ3) is 1.06. The first kappa shape index (κ1) is 8.03. The molecule has 1 aromatic rings. The molecule has 4 nitrogen and oxygen atoms in total. The molecule has 0 saturated heterocycles. The van der Waals surface area contributed by atoms with Gasteiger partial charge >= 0.3 is 5.97 Å². The topological polar surface area (TPSA) is 63.3 Å². The quantitative estimate of drug-likeness (QED) is 0.775. The minimum absolute atomic E-state index is 0.454. The van der Waals surface area contributed by atoms with Crippen LogP contribution in [-0.4, -0.2) is 16.1 Å². The number of fused-ring (bicyclic) bond motifs is 1. The SMILES string of the molecule is O=C(O)C1CCc2nc(C3CC3)oc21. The van der Waals surface area contributed by atoms with Gasteiger partial charge in [-0.15, -0.1) is 0 Å². The molecule has 0 radical (unpaired) electrons. The monoisotopic (exact) mass is 193 g/mol. The van der Waals surface area contributed by atoms with Crippen molar-refractivity contribution in [1.82, 2.24) is 4.98 Å². The number of hydrogen-bond acceptors (Lipinski definition) is 3. The molecule has 1 N–H and O–H groups in total. The van der Waals surface area contributed by atoms with Crippen molar-refractivity contribution in [1.29, 1.82) is 0 Å². The normalized spacial score (nSPS) is 25.0. The van der Waals surface area contributed by atoms with Gasteiger partial charge in [0.15, 0.2) is 5.89 Å². The number of rotatable bonds is 2. The number of oxazole rings is 1. The van der Waals surface area contributed by atoms with Crippen molar-refractivity contribution in [2.45, 2.75) is 37.5 Å². The molecule has 0 aliphatic heterocycles. The Labute approximate surface area is 80.9 Å². The molecule has 14 heavy (non-hydrogen) atoms. The summed E-state index contributed by atoms with van der Waals surface area (Å²) in [6.45, 7) is 0. The summed E-state index contributed by atoms with van der Waals surface area (Å²) in [7, 11) is 0. The molecule has 1 atom stereocenters. The molecule has 4 heteroatoms. The molecule has 0 spiro atoms. The number of aromatic nitrogens is 1. The minimum Gasteiger partial charge on any atom is -0.481 e. The van der Waals surface area contributed by atoms with Crippen molar-refractivity contribution < 1.29 is 14.3 Å². The Balaban J connectivity index is 1.97. The van der Waals surface area contributed by atoms with Gasteiger partial charge in [0, 0.05) is 5.92 Å². The van der Waals surface area contributed by atoms with Crippen molar-refractivity contribution in [3.05, 3.63) is 17.3 Å². The zero-order chi connectivity index (χ0) is 9.71. The predicted octanol–water partition coefficient (Wildman–Crippen LogP) is 1.67. The summed E-state index contributed by atoms with van der Waals surface area (Å²) >= 11 is 0. The third-order valence-corrected chi connectivity index (χ3v) is 2.96. The van der Waals surface area contributed by atoms with Crippen LogP contribution < -0.4 is 0 Å². The van der Waals surface area contributed by atoms with Crippen LogP contribution in [0.3, 0.4) is 0 Å². The lowest BCUT2D eigenvalue weighted by atomic mass is 10.1. The fourth-order valence-electron chi connectivity index (χ4n) is 1.99. The van der Waals surface area contributed by atoms with E-state index < -0.39 is 11.9 Å². The zero-order valence-corrected chi connectivity index (χ0v) is 7.69. The van der Waals surface area contributed by atoms with Crippen molar-refractivity contribution in [2.24, 2.45) is 0 Å². The van der Waals surface area contributed by atoms with E-state index in [1.165, 1.54) is 0 Å². The summed E-state index contributed by atoms with van der Waals surface area (Å²) in [6, 6.07) is 0. The van der Waals surface area contributed by atoms with Crippen LogP contribution in [0.2, 0.25) is 0 Å². The molecule has 0 amide bonds. The van der Waals surface area contributed by atoms with E-state index >= 15 is 0 Å². The van der Waals surface area contributed by atoms with Gasteiger partial charge in [0.05, 0.1) is 5.69 Å². The Morgan fingerprint density at radius 3 is 2.86 bits per heavy atom. The Morgan fingerprint density at radius 1 is 1.43 bits per heavy atom. The summed E-state index contributed by atoms with van der Waals surface area (Å²) in [5, 5.41) is 8.94. The van der Waals surface area contributed by atoms with Gasteiger partial charge in [-0.3, -0.25) is 4.79 Å². The highest BCUT2D eigenvalue weighted by Crippen LogP contribution is 2.43. The van der Waals surface area contributed by atoms with Gasteiger partial charge in [0.1, 0.15) is 11.7 Å². The highest BCUT2D eigenvalue weighted by atomic mass is 16.4. The van der Waals surface area contributed by atoms with E-state index in [1.807, 2.05) is 0 Å². The van der Waals surface area contributed by atoms with Gasteiger partial charge in [-0.2, -0.15) is 0 Å². The second-order valence-corrected chi connectivity index (χ2v) is 4.07. The van der Waals surface area contributed by atoms with Gasteiger partial charge in [-0.1, -0.05) is 0 Å². The largest absolute Gasteiger partial charge is 0.481 e. The highest BCUT2D eigenvalue weighted by molar-refractivity contribution is 5.76. The molecule has 74 valence electrons. The molecule has 1 heterocycles. The Hall–Kier alpha value is -1.32. The summed E-state index contributed by atoms with van der Waals surface area (Å²) in [6.07, 6.45) is 3.66. The lowest BCUT2D eigenvalue weighted by molar-refractivity contribution is -0.139. The number of hydrogen-bond donors (Lipinski definition) is 1. The van der Waals surface area contributed by atoms with Crippen LogP contribution in [0.5, 0.6) is 0 Å². The summed E-state index contributed by atoms with van der Waals surface area (Å²) in [5.41, 5.74) is 0.874. The van der Waals surface area contributed by atoms with Gasteiger partial charge in [-0.05, 0) is 25.7 Å². The highest BCUT2D eigenvalue weighted by Gasteiger charge is 2.37. The fourth-order valence-corrected chi connectivity index (χ4v) is 1.99. The molecule has 1 unspecified atom stereocenters. The predicted molar refractivity (Wildman–Crippen MR) is 47.2 cm³/mol. The smallest absolute Gasteiger partial charge is 0.314 e. The second-order valence-electron chi connectivity index (χ2n) is 4.07. The molecule has 1 fully saturated rings. The van der Waals surface area contributed by atoms with Crippen LogP contribution in [0, 0.1) is 0 Å². The van der Waals surface area contributed by atoms with Crippen LogP contribution in [0.15, 0.2) is 4.42 Å². The lowest BCUT2D eigenvalue weighted by Gasteiger charge is -2.00. The number of aliphatic carboxylic acids is 1. The van der Waals surface area contributed by atoms with Crippen molar-refractivity contribution in [3.63, 3.8) is 0 Å². The van der Waals surface area contributed by atoms with Gasteiger partial charge in [0.25, 0.3) is 0 Å².